The smallest absolute Gasteiger partial charge is 0.161 e. The molecule has 2 aromatic carbocycles. The summed E-state index contributed by atoms with van der Waals surface area (Å²) in [7, 11) is 8.99. The molecule has 144 valence electrons. The van der Waals surface area contributed by atoms with Crippen molar-refractivity contribution in [1.29, 1.82) is 0 Å². The van der Waals surface area contributed by atoms with Crippen molar-refractivity contribution in [3.05, 3.63) is 46.5 Å². The van der Waals surface area contributed by atoms with E-state index in [1.54, 1.807) is 28.4 Å². The third-order valence-electron chi connectivity index (χ3n) is 6.23. The normalized spacial score (nSPS) is 17.4. The molecule has 5 heteroatoms. The Morgan fingerprint density at radius 1 is 0.704 bits per heavy atom. The Balaban J connectivity index is 1.84. The molecule has 1 aliphatic carbocycles. The van der Waals surface area contributed by atoms with E-state index < -0.39 is 0 Å². The number of benzene rings is 2. The fraction of sp³-hybridized carbons (Fsp3) is 0.455. The summed E-state index contributed by atoms with van der Waals surface area (Å²) in [6.07, 6.45) is 2.90. The summed E-state index contributed by atoms with van der Waals surface area (Å²) in [5.41, 5.74) is 5.25. The van der Waals surface area contributed by atoms with Gasteiger partial charge < -0.3 is 18.9 Å². The lowest BCUT2D eigenvalue weighted by Crippen LogP contribution is -2.49. The number of nitrogens with zero attached hydrogens (tertiary/aromatic N) is 1. The van der Waals surface area contributed by atoms with Gasteiger partial charge in [-0.2, -0.15) is 0 Å². The van der Waals surface area contributed by atoms with E-state index in [1.807, 2.05) is 0 Å². The summed E-state index contributed by atoms with van der Waals surface area (Å²) in [6.45, 7) is 1.02. The van der Waals surface area contributed by atoms with Crippen molar-refractivity contribution in [1.82, 2.24) is 4.90 Å². The first-order chi connectivity index (χ1) is 13.1. The van der Waals surface area contributed by atoms with E-state index in [1.165, 1.54) is 22.3 Å². The first-order valence-corrected chi connectivity index (χ1v) is 9.26. The number of likely N-dealkylation sites (N-methyl/N-ethyl adjacent to an activating group) is 1. The van der Waals surface area contributed by atoms with Crippen molar-refractivity contribution in [2.75, 3.05) is 42.0 Å². The highest BCUT2D eigenvalue weighted by atomic mass is 16.5. The molecular weight excluding hydrogens is 342 g/mol. The van der Waals surface area contributed by atoms with E-state index >= 15 is 0 Å². The summed E-state index contributed by atoms with van der Waals surface area (Å²) >= 11 is 0. The molecule has 5 nitrogen and oxygen atoms in total. The van der Waals surface area contributed by atoms with E-state index in [0.29, 0.717) is 0 Å². The molecule has 0 N–H and O–H groups in total. The molecule has 4 rings (SSSR count). The van der Waals surface area contributed by atoms with E-state index in [2.05, 4.69) is 36.2 Å². The Labute approximate surface area is 160 Å². The van der Waals surface area contributed by atoms with Crippen LogP contribution in [-0.4, -0.2) is 46.9 Å². The summed E-state index contributed by atoms with van der Waals surface area (Å²) in [6, 6.07) is 8.58. The Kier molecular flexibility index (Phi) is 4.42. The zero-order valence-corrected chi connectivity index (χ0v) is 16.7. The summed E-state index contributed by atoms with van der Waals surface area (Å²) in [5.74, 6) is 3.17. The maximum Gasteiger partial charge on any atom is 0.161 e. The van der Waals surface area contributed by atoms with E-state index in [9.17, 15) is 0 Å². The van der Waals surface area contributed by atoms with Crippen LogP contribution in [-0.2, 0) is 24.8 Å². The maximum absolute atomic E-state index is 5.61. The van der Waals surface area contributed by atoms with Gasteiger partial charge in [0.25, 0.3) is 0 Å². The second-order valence-electron chi connectivity index (χ2n) is 7.40. The van der Waals surface area contributed by atoms with E-state index in [0.717, 1.165) is 48.8 Å². The van der Waals surface area contributed by atoms with E-state index in [4.69, 9.17) is 18.9 Å². The third-order valence-corrected chi connectivity index (χ3v) is 6.23. The fourth-order valence-corrected chi connectivity index (χ4v) is 4.71. The van der Waals surface area contributed by atoms with Gasteiger partial charge in [-0.05, 0) is 72.8 Å². The lowest BCUT2D eigenvalue weighted by atomic mass is 9.78. The molecule has 0 unspecified atom stereocenters. The summed E-state index contributed by atoms with van der Waals surface area (Å²) < 4.78 is 22.2. The first-order valence-electron chi connectivity index (χ1n) is 9.26. The first kappa shape index (κ1) is 18.0. The molecule has 0 amide bonds. The predicted molar refractivity (Wildman–Crippen MR) is 105 cm³/mol. The molecule has 27 heavy (non-hydrogen) atoms. The van der Waals surface area contributed by atoms with Crippen LogP contribution in [0.15, 0.2) is 24.3 Å². The van der Waals surface area contributed by atoms with Crippen molar-refractivity contribution in [2.45, 2.75) is 24.8 Å². The van der Waals surface area contributed by atoms with Gasteiger partial charge in [0.15, 0.2) is 23.0 Å². The van der Waals surface area contributed by atoms with Crippen LogP contribution in [0.2, 0.25) is 0 Å². The zero-order valence-electron chi connectivity index (χ0n) is 16.7. The molecule has 0 atom stereocenters. The number of hydrogen-bond donors (Lipinski definition) is 0. The van der Waals surface area contributed by atoms with Crippen LogP contribution in [0.1, 0.15) is 22.3 Å². The SMILES string of the molecule is COc1cc2c(cc1OC)CC1(C2)c2cc(OC)c(OC)cc2CCN1C. The van der Waals surface area contributed by atoms with Crippen molar-refractivity contribution in [3.8, 4) is 23.0 Å². The van der Waals surface area contributed by atoms with Gasteiger partial charge in [0.05, 0.1) is 34.0 Å². The highest BCUT2D eigenvalue weighted by Gasteiger charge is 2.46. The van der Waals surface area contributed by atoms with Crippen LogP contribution < -0.4 is 18.9 Å². The van der Waals surface area contributed by atoms with Crippen molar-refractivity contribution in [2.24, 2.45) is 0 Å². The molecule has 2 aliphatic rings. The van der Waals surface area contributed by atoms with Gasteiger partial charge in [-0.1, -0.05) is 0 Å². The molecule has 1 heterocycles. The van der Waals surface area contributed by atoms with Gasteiger partial charge in [-0.3, -0.25) is 4.90 Å². The molecule has 1 aliphatic heterocycles. The van der Waals surface area contributed by atoms with Crippen LogP contribution in [0, 0.1) is 0 Å². The van der Waals surface area contributed by atoms with Crippen molar-refractivity contribution < 1.29 is 18.9 Å². The summed E-state index contributed by atoms with van der Waals surface area (Å²) in [5, 5.41) is 0. The minimum absolute atomic E-state index is 0.0765. The summed E-state index contributed by atoms with van der Waals surface area (Å²) in [4.78, 5) is 2.49. The lowest BCUT2D eigenvalue weighted by molar-refractivity contribution is 0.114. The standard InChI is InChI=1S/C22H27NO4/c1-23-7-6-14-8-18(24-2)21(27-5)11-17(14)22(23)12-15-9-19(25-3)20(26-4)10-16(15)13-22/h8-11H,6-7,12-13H2,1-5H3. The van der Waals surface area contributed by atoms with Crippen LogP contribution >= 0.6 is 0 Å². The Morgan fingerprint density at radius 2 is 1.15 bits per heavy atom. The highest BCUT2D eigenvalue weighted by molar-refractivity contribution is 5.56. The van der Waals surface area contributed by atoms with Crippen LogP contribution in [0.4, 0.5) is 0 Å². The van der Waals surface area contributed by atoms with Crippen molar-refractivity contribution in [3.63, 3.8) is 0 Å². The molecule has 0 fully saturated rings. The Morgan fingerprint density at radius 3 is 1.63 bits per heavy atom. The molecule has 0 bridgehead atoms. The topological polar surface area (TPSA) is 40.2 Å². The number of rotatable bonds is 4. The van der Waals surface area contributed by atoms with Gasteiger partial charge in [0.1, 0.15) is 0 Å². The minimum atomic E-state index is -0.0765. The van der Waals surface area contributed by atoms with Gasteiger partial charge in [0.2, 0.25) is 0 Å². The number of ether oxygens (including phenoxy) is 4. The molecule has 0 saturated carbocycles. The fourth-order valence-electron chi connectivity index (χ4n) is 4.71. The van der Waals surface area contributed by atoms with Crippen molar-refractivity contribution >= 4 is 0 Å². The molecule has 1 spiro atoms. The molecule has 0 aromatic heterocycles. The van der Waals surface area contributed by atoms with Gasteiger partial charge in [-0.25, -0.2) is 0 Å². The quantitative estimate of drug-likeness (QED) is 0.828. The van der Waals surface area contributed by atoms with Gasteiger partial charge in [0, 0.05) is 6.54 Å². The van der Waals surface area contributed by atoms with Gasteiger partial charge >= 0.3 is 0 Å². The third kappa shape index (κ3) is 2.64. The molecular formula is C22H27NO4. The van der Waals surface area contributed by atoms with Crippen LogP contribution in [0.5, 0.6) is 23.0 Å². The largest absolute Gasteiger partial charge is 0.493 e. The average Bonchev–Trinajstić information content (AvgIpc) is 3.08. The lowest BCUT2D eigenvalue weighted by Gasteiger charge is -2.44. The monoisotopic (exact) mass is 369 g/mol. The Bertz CT molecular complexity index is 844. The maximum atomic E-state index is 5.61. The molecule has 0 saturated heterocycles. The number of hydrogen-bond acceptors (Lipinski definition) is 5. The predicted octanol–water partition coefficient (Wildman–Crippen LogP) is 3.20. The van der Waals surface area contributed by atoms with Gasteiger partial charge in [-0.15, -0.1) is 0 Å². The number of methoxy groups -OCH3 is 4. The second kappa shape index (κ2) is 6.64. The van der Waals surface area contributed by atoms with Crippen LogP contribution in [0.25, 0.3) is 0 Å². The number of fused-ring (bicyclic) bond motifs is 3. The second-order valence-corrected chi connectivity index (χ2v) is 7.40. The average molecular weight is 369 g/mol. The highest BCUT2D eigenvalue weighted by Crippen LogP contribution is 2.49. The zero-order chi connectivity index (χ0) is 19.2. The minimum Gasteiger partial charge on any atom is -0.493 e. The Hall–Kier alpha value is -2.40. The van der Waals surface area contributed by atoms with Crippen LogP contribution in [0.3, 0.4) is 0 Å². The van der Waals surface area contributed by atoms with E-state index in [-0.39, 0.29) is 5.54 Å². The molecule has 2 aromatic rings. The molecule has 0 radical (unpaired) electrons.